The predicted molar refractivity (Wildman–Crippen MR) is 106 cm³/mol. The van der Waals surface area contributed by atoms with Crippen molar-refractivity contribution in [1.82, 2.24) is 20.3 Å². The van der Waals surface area contributed by atoms with Crippen molar-refractivity contribution in [2.75, 3.05) is 29.6 Å². The summed E-state index contributed by atoms with van der Waals surface area (Å²) in [7, 11) is 1.38. The van der Waals surface area contributed by atoms with Crippen LogP contribution in [-0.4, -0.2) is 51.9 Å². The lowest BCUT2D eigenvalue weighted by atomic mass is 10.0. The molecule has 2 unspecified atom stereocenters. The third kappa shape index (κ3) is 5.41. The average Bonchev–Trinajstić information content (AvgIpc) is 3.20. The first kappa shape index (κ1) is 20.5. The summed E-state index contributed by atoms with van der Waals surface area (Å²) in [6.45, 7) is 3.01. The van der Waals surface area contributed by atoms with E-state index in [4.69, 9.17) is 9.84 Å². The number of hydrogen-bond acceptors (Lipinski definition) is 8. The van der Waals surface area contributed by atoms with Gasteiger partial charge in [0.2, 0.25) is 17.8 Å². The Hall–Kier alpha value is -3.21. The van der Waals surface area contributed by atoms with Gasteiger partial charge >= 0.3 is 6.09 Å². The minimum absolute atomic E-state index is 0.0730. The summed E-state index contributed by atoms with van der Waals surface area (Å²) in [5.74, 6) is -0.282. The molecule has 2 aromatic rings. The highest BCUT2D eigenvalue weighted by molar-refractivity contribution is 5.80. The molecule has 0 radical (unpaired) electrons. The van der Waals surface area contributed by atoms with Gasteiger partial charge in [-0.15, -0.1) is 0 Å². The van der Waals surface area contributed by atoms with E-state index in [1.54, 1.807) is 6.07 Å². The van der Waals surface area contributed by atoms with Crippen LogP contribution in [0.3, 0.4) is 0 Å². The Labute approximate surface area is 167 Å². The summed E-state index contributed by atoms with van der Waals surface area (Å²) >= 11 is 0. The molecule has 1 amide bonds. The predicted octanol–water partition coefficient (Wildman–Crippen LogP) is 2.80. The molecular formula is C18H24FN7O3. The van der Waals surface area contributed by atoms with Crippen LogP contribution in [-0.2, 0) is 0 Å². The van der Waals surface area contributed by atoms with E-state index < -0.39 is 11.9 Å². The summed E-state index contributed by atoms with van der Waals surface area (Å²) in [6.07, 6.45) is 1.67. The summed E-state index contributed by atoms with van der Waals surface area (Å²) in [6, 6.07) is 4.65. The Morgan fingerprint density at radius 3 is 2.72 bits per heavy atom. The lowest BCUT2D eigenvalue weighted by molar-refractivity contribution is 0.209. The number of carboxylic acid groups (broad SMARTS) is 1. The Bertz CT molecular complexity index is 861. The number of amides is 1. The zero-order chi connectivity index (χ0) is 20.8. The normalized spacial score (nSPS) is 16.9. The number of methoxy groups -OCH3 is 1. The standard InChI is InChI=1S/C18H24FN7O3/c1-3-12(13-5-4-8-20-13)22-16-23-15(24-17(25-16)26-18(27)28)21-10-6-7-14(29-2)11(19)9-10/h6-7,9,12-13,20H,3-5,8H2,1-2H3,(H,27,28)(H3,21,22,23,24,25,26). The van der Waals surface area contributed by atoms with Crippen LogP contribution in [0.1, 0.15) is 26.2 Å². The molecular weight excluding hydrogens is 381 g/mol. The highest BCUT2D eigenvalue weighted by Gasteiger charge is 2.24. The number of ether oxygens (including phenoxy) is 1. The quantitative estimate of drug-likeness (QED) is 0.449. The third-order valence-electron chi connectivity index (χ3n) is 4.60. The van der Waals surface area contributed by atoms with Crippen molar-refractivity contribution in [1.29, 1.82) is 0 Å². The SMILES string of the molecule is CCC(Nc1nc(NC(=O)O)nc(Nc2ccc(OC)c(F)c2)n1)C1CCCN1. The first-order valence-corrected chi connectivity index (χ1v) is 9.35. The number of hydrogen-bond donors (Lipinski definition) is 5. The highest BCUT2D eigenvalue weighted by Crippen LogP contribution is 2.23. The first-order chi connectivity index (χ1) is 14.0. The molecule has 1 aliphatic rings. The number of benzene rings is 1. The lowest BCUT2D eigenvalue weighted by Gasteiger charge is -2.24. The fraction of sp³-hybridized carbons (Fsp3) is 0.444. The monoisotopic (exact) mass is 405 g/mol. The Kier molecular flexibility index (Phi) is 6.60. The molecule has 1 fully saturated rings. The second kappa shape index (κ2) is 9.32. The van der Waals surface area contributed by atoms with Crippen molar-refractivity contribution < 1.29 is 19.0 Å². The Balaban J connectivity index is 1.84. The van der Waals surface area contributed by atoms with Gasteiger partial charge < -0.3 is 25.8 Å². The molecule has 1 aromatic carbocycles. The number of nitrogens with zero attached hydrogens (tertiary/aromatic N) is 3. The molecule has 1 aromatic heterocycles. The van der Waals surface area contributed by atoms with E-state index in [0.717, 1.165) is 25.8 Å². The molecule has 0 saturated carbocycles. The molecule has 1 aliphatic heterocycles. The highest BCUT2D eigenvalue weighted by atomic mass is 19.1. The molecule has 0 aliphatic carbocycles. The van der Waals surface area contributed by atoms with Gasteiger partial charge in [0.05, 0.1) is 7.11 Å². The molecule has 0 spiro atoms. The Morgan fingerprint density at radius 1 is 1.34 bits per heavy atom. The molecule has 0 bridgehead atoms. The van der Waals surface area contributed by atoms with Crippen LogP contribution in [0.15, 0.2) is 18.2 Å². The number of anilines is 4. The van der Waals surface area contributed by atoms with Gasteiger partial charge in [0, 0.05) is 23.8 Å². The summed E-state index contributed by atoms with van der Waals surface area (Å²) in [4.78, 5) is 23.5. The van der Waals surface area contributed by atoms with E-state index >= 15 is 0 Å². The molecule has 11 heteroatoms. The van der Waals surface area contributed by atoms with Crippen LogP contribution in [0, 0.1) is 5.82 Å². The van der Waals surface area contributed by atoms with Crippen molar-refractivity contribution >= 4 is 29.6 Å². The maximum absolute atomic E-state index is 13.9. The van der Waals surface area contributed by atoms with Crippen LogP contribution >= 0.6 is 0 Å². The van der Waals surface area contributed by atoms with Crippen LogP contribution in [0.5, 0.6) is 5.75 Å². The fourth-order valence-electron chi connectivity index (χ4n) is 3.23. The van der Waals surface area contributed by atoms with Gasteiger partial charge in [0.1, 0.15) is 0 Å². The van der Waals surface area contributed by atoms with Gasteiger partial charge in [-0.3, -0.25) is 5.32 Å². The lowest BCUT2D eigenvalue weighted by Crippen LogP contribution is -2.40. The van der Waals surface area contributed by atoms with Crippen molar-refractivity contribution in [2.45, 2.75) is 38.3 Å². The zero-order valence-corrected chi connectivity index (χ0v) is 16.2. The molecule has 10 nitrogen and oxygen atoms in total. The molecule has 2 heterocycles. The first-order valence-electron chi connectivity index (χ1n) is 9.35. The maximum atomic E-state index is 13.9. The van der Waals surface area contributed by atoms with Crippen molar-refractivity contribution in [2.24, 2.45) is 0 Å². The van der Waals surface area contributed by atoms with Gasteiger partial charge in [0.15, 0.2) is 11.6 Å². The molecule has 2 atom stereocenters. The van der Waals surface area contributed by atoms with E-state index in [1.165, 1.54) is 19.2 Å². The third-order valence-corrected chi connectivity index (χ3v) is 4.60. The molecule has 5 N–H and O–H groups in total. The number of carbonyl (C=O) groups is 1. The van der Waals surface area contributed by atoms with Crippen molar-refractivity contribution in [3.63, 3.8) is 0 Å². The van der Waals surface area contributed by atoms with Gasteiger partial charge in [-0.2, -0.15) is 15.0 Å². The van der Waals surface area contributed by atoms with E-state index in [0.29, 0.717) is 5.69 Å². The van der Waals surface area contributed by atoms with E-state index in [9.17, 15) is 9.18 Å². The second-order valence-electron chi connectivity index (χ2n) is 6.57. The molecule has 1 saturated heterocycles. The summed E-state index contributed by atoms with van der Waals surface area (Å²) in [5, 5.41) is 20.7. The average molecular weight is 405 g/mol. The van der Waals surface area contributed by atoms with Gasteiger partial charge in [-0.05, 0) is 37.9 Å². The minimum atomic E-state index is -1.30. The van der Waals surface area contributed by atoms with E-state index in [1.807, 2.05) is 0 Å². The van der Waals surface area contributed by atoms with Gasteiger partial charge in [0.25, 0.3) is 0 Å². The summed E-state index contributed by atoms with van der Waals surface area (Å²) in [5.41, 5.74) is 0.381. The van der Waals surface area contributed by atoms with E-state index in [-0.39, 0.29) is 35.7 Å². The van der Waals surface area contributed by atoms with Crippen LogP contribution < -0.4 is 26.0 Å². The fourth-order valence-corrected chi connectivity index (χ4v) is 3.23. The van der Waals surface area contributed by atoms with Crippen LogP contribution in [0.2, 0.25) is 0 Å². The molecule has 3 rings (SSSR count). The van der Waals surface area contributed by atoms with E-state index in [2.05, 4.69) is 43.1 Å². The maximum Gasteiger partial charge on any atom is 0.411 e. The molecule has 156 valence electrons. The zero-order valence-electron chi connectivity index (χ0n) is 16.2. The topological polar surface area (TPSA) is 133 Å². The van der Waals surface area contributed by atoms with Crippen LogP contribution in [0.25, 0.3) is 0 Å². The largest absolute Gasteiger partial charge is 0.494 e. The second-order valence-corrected chi connectivity index (χ2v) is 6.57. The smallest absolute Gasteiger partial charge is 0.411 e. The van der Waals surface area contributed by atoms with Crippen molar-refractivity contribution in [3.8, 4) is 5.75 Å². The number of nitrogens with one attached hydrogen (secondary N) is 4. The number of rotatable bonds is 8. The minimum Gasteiger partial charge on any atom is -0.494 e. The summed E-state index contributed by atoms with van der Waals surface area (Å²) < 4.78 is 18.8. The number of halogens is 1. The van der Waals surface area contributed by atoms with Gasteiger partial charge in [-0.25, -0.2) is 9.18 Å². The van der Waals surface area contributed by atoms with Gasteiger partial charge in [-0.1, -0.05) is 6.92 Å². The van der Waals surface area contributed by atoms with Crippen molar-refractivity contribution in [3.05, 3.63) is 24.0 Å². The Morgan fingerprint density at radius 2 is 2.10 bits per heavy atom. The number of aromatic nitrogens is 3. The van der Waals surface area contributed by atoms with Crippen LogP contribution in [0.4, 0.5) is 32.7 Å². The molecule has 29 heavy (non-hydrogen) atoms.